The molecular formula is C20H19NO3. The molecule has 0 aliphatic heterocycles. The smallest absolute Gasteiger partial charge is 0.246 e. The van der Waals surface area contributed by atoms with Crippen LogP contribution in [0.5, 0.6) is 0 Å². The summed E-state index contributed by atoms with van der Waals surface area (Å²) in [6.07, 6.45) is 1.60. The van der Waals surface area contributed by atoms with E-state index in [-0.39, 0.29) is 18.6 Å². The first-order chi connectivity index (χ1) is 11.8. The van der Waals surface area contributed by atoms with Gasteiger partial charge in [-0.1, -0.05) is 60.7 Å². The van der Waals surface area contributed by atoms with Crippen LogP contribution in [0.15, 0.2) is 83.5 Å². The van der Waals surface area contributed by atoms with Gasteiger partial charge in [0.2, 0.25) is 5.91 Å². The Morgan fingerprint density at radius 2 is 1.67 bits per heavy atom. The minimum Gasteiger partial charge on any atom is -0.467 e. The number of ether oxygens (including phenoxy) is 1. The monoisotopic (exact) mass is 321 g/mol. The van der Waals surface area contributed by atoms with Gasteiger partial charge in [0.05, 0.1) is 12.9 Å². The third kappa shape index (κ3) is 4.33. The molecule has 2 aromatic carbocycles. The Balaban J connectivity index is 1.59. The molecule has 0 aliphatic rings. The maximum absolute atomic E-state index is 12.2. The molecule has 1 aromatic heterocycles. The van der Waals surface area contributed by atoms with Gasteiger partial charge in [0.1, 0.15) is 18.4 Å². The fraction of sp³-hybridized carbons (Fsp3) is 0.150. The number of carbonyl (C=O) groups is 1. The van der Waals surface area contributed by atoms with E-state index in [1.54, 1.807) is 6.26 Å². The fourth-order valence-corrected chi connectivity index (χ4v) is 2.46. The lowest BCUT2D eigenvalue weighted by atomic mass is 10.0. The molecule has 0 spiro atoms. The third-order valence-corrected chi connectivity index (χ3v) is 3.61. The third-order valence-electron chi connectivity index (χ3n) is 3.61. The molecule has 0 saturated heterocycles. The van der Waals surface area contributed by atoms with Crippen LogP contribution in [0.3, 0.4) is 0 Å². The Hall–Kier alpha value is -2.85. The van der Waals surface area contributed by atoms with Crippen molar-refractivity contribution in [3.8, 4) is 0 Å². The summed E-state index contributed by atoms with van der Waals surface area (Å²) in [5.41, 5.74) is 2.00. The second-order valence-corrected chi connectivity index (χ2v) is 5.41. The van der Waals surface area contributed by atoms with Crippen molar-refractivity contribution in [1.82, 2.24) is 5.32 Å². The largest absolute Gasteiger partial charge is 0.467 e. The van der Waals surface area contributed by atoms with Crippen LogP contribution in [-0.4, -0.2) is 12.5 Å². The molecule has 0 aliphatic carbocycles. The van der Waals surface area contributed by atoms with Crippen molar-refractivity contribution in [3.05, 3.63) is 95.9 Å². The molecule has 4 nitrogen and oxygen atoms in total. The highest BCUT2D eigenvalue weighted by molar-refractivity contribution is 5.78. The molecule has 0 bridgehead atoms. The van der Waals surface area contributed by atoms with Crippen molar-refractivity contribution in [1.29, 1.82) is 0 Å². The van der Waals surface area contributed by atoms with E-state index >= 15 is 0 Å². The summed E-state index contributed by atoms with van der Waals surface area (Å²) in [7, 11) is 0. The topological polar surface area (TPSA) is 51.5 Å². The van der Waals surface area contributed by atoms with Crippen molar-refractivity contribution in [2.24, 2.45) is 0 Å². The highest BCUT2D eigenvalue weighted by atomic mass is 16.5. The Kier molecular flexibility index (Phi) is 5.43. The number of benzene rings is 2. The van der Waals surface area contributed by atoms with Gasteiger partial charge in [0.25, 0.3) is 0 Å². The van der Waals surface area contributed by atoms with Gasteiger partial charge in [-0.2, -0.15) is 0 Å². The number of carbonyl (C=O) groups excluding carboxylic acids is 1. The highest BCUT2D eigenvalue weighted by Crippen LogP contribution is 2.22. The van der Waals surface area contributed by atoms with E-state index in [2.05, 4.69) is 5.32 Å². The van der Waals surface area contributed by atoms with E-state index in [9.17, 15) is 4.79 Å². The lowest BCUT2D eigenvalue weighted by Crippen LogP contribution is -2.32. The number of furan rings is 1. The quantitative estimate of drug-likeness (QED) is 0.722. The molecule has 4 heteroatoms. The van der Waals surface area contributed by atoms with E-state index in [0.717, 1.165) is 11.1 Å². The van der Waals surface area contributed by atoms with E-state index in [0.29, 0.717) is 12.4 Å². The summed E-state index contributed by atoms with van der Waals surface area (Å²) in [5, 5.41) is 2.96. The van der Waals surface area contributed by atoms with Gasteiger partial charge >= 0.3 is 0 Å². The average molecular weight is 321 g/mol. The second kappa shape index (κ2) is 8.13. The molecule has 122 valence electrons. The molecule has 1 atom stereocenters. The van der Waals surface area contributed by atoms with Gasteiger partial charge in [-0.25, -0.2) is 0 Å². The molecular weight excluding hydrogens is 302 g/mol. The lowest BCUT2D eigenvalue weighted by Gasteiger charge is -2.17. The van der Waals surface area contributed by atoms with Crippen molar-refractivity contribution >= 4 is 5.91 Å². The molecule has 1 amide bonds. The van der Waals surface area contributed by atoms with Crippen LogP contribution in [0.4, 0.5) is 0 Å². The Labute approximate surface area is 141 Å². The van der Waals surface area contributed by atoms with Gasteiger partial charge in [0, 0.05) is 0 Å². The molecule has 3 rings (SSSR count). The molecule has 0 saturated carbocycles. The van der Waals surface area contributed by atoms with Gasteiger partial charge in [-0.3, -0.25) is 4.79 Å². The summed E-state index contributed by atoms with van der Waals surface area (Å²) in [4.78, 5) is 12.2. The number of nitrogens with one attached hydrogen (secondary N) is 1. The maximum Gasteiger partial charge on any atom is 0.246 e. The molecule has 0 radical (unpaired) electrons. The van der Waals surface area contributed by atoms with E-state index in [1.165, 1.54) is 0 Å². The van der Waals surface area contributed by atoms with Gasteiger partial charge in [-0.15, -0.1) is 0 Å². The summed E-state index contributed by atoms with van der Waals surface area (Å²) < 4.78 is 11.0. The first kappa shape index (κ1) is 16.0. The van der Waals surface area contributed by atoms with Crippen LogP contribution in [-0.2, 0) is 16.1 Å². The van der Waals surface area contributed by atoms with Crippen molar-refractivity contribution in [2.45, 2.75) is 12.6 Å². The molecule has 24 heavy (non-hydrogen) atoms. The predicted octanol–water partition coefficient (Wildman–Crippen LogP) is 3.70. The maximum atomic E-state index is 12.2. The first-order valence-corrected chi connectivity index (χ1v) is 7.82. The van der Waals surface area contributed by atoms with Gasteiger partial charge in [0.15, 0.2) is 0 Å². The SMILES string of the molecule is O=C(COCc1ccccc1)NC(c1ccccc1)c1ccco1. The first-order valence-electron chi connectivity index (χ1n) is 7.82. The number of amides is 1. The molecule has 0 fully saturated rings. The standard InChI is InChI=1S/C20H19NO3/c22-19(15-23-14-16-8-3-1-4-9-16)21-20(18-12-7-13-24-18)17-10-5-2-6-11-17/h1-13,20H,14-15H2,(H,21,22). The number of hydrogen-bond donors (Lipinski definition) is 1. The predicted molar refractivity (Wildman–Crippen MR) is 91.2 cm³/mol. The Bertz CT molecular complexity index is 739. The zero-order valence-electron chi connectivity index (χ0n) is 13.2. The summed E-state index contributed by atoms with van der Waals surface area (Å²) in [5.74, 6) is 0.508. The molecule has 1 N–H and O–H groups in total. The van der Waals surface area contributed by atoms with Gasteiger partial charge in [-0.05, 0) is 23.3 Å². The minimum atomic E-state index is -0.325. The van der Waals surface area contributed by atoms with E-state index in [1.807, 2.05) is 72.8 Å². The highest BCUT2D eigenvalue weighted by Gasteiger charge is 2.19. The number of hydrogen-bond acceptors (Lipinski definition) is 3. The summed E-state index contributed by atoms with van der Waals surface area (Å²) in [6, 6.07) is 22.8. The zero-order chi connectivity index (χ0) is 16.6. The van der Waals surface area contributed by atoms with Gasteiger partial charge < -0.3 is 14.5 Å². The van der Waals surface area contributed by atoms with Crippen LogP contribution in [0, 0.1) is 0 Å². The zero-order valence-corrected chi connectivity index (χ0v) is 13.2. The average Bonchev–Trinajstić information content (AvgIpc) is 3.16. The van der Waals surface area contributed by atoms with E-state index < -0.39 is 0 Å². The molecule has 1 unspecified atom stereocenters. The molecule has 3 aromatic rings. The lowest BCUT2D eigenvalue weighted by molar-refractivity contribution is -0.126. The normalized spacial score (nSPS) is 11.8. The van der Waals surface area contributed by atoms with Crippen molar-refractivity contribution in [3.63, 3.8) is 0 Å². The minimum absolute atomic E-state index is 0.00106. The van der Waals surface area contributed by atoms with E-state index in [4.69, 9.17) is 9.15 Å². The van der Waals surface area contributed by atoms with Crippen LogP contribution < -0.4 is 5.32 Å². The van der Waals surface area contributed by atoms with Crippen molar-refractivity contribution < 1.29 is 13.9 Å². The van der Waals surface area contributed by atoms with Crippen LogP contribution in [0.25, 0.3) is 0 Å². The Morgan fingerprint density at radius 1 is 0.958 bits per heavy atom. The Morgan fingerprint density at radius 3 is 2.33 bits per heavy atom. The number of rotatable bonds is 7. The summed E-state index contributed by atoms with van der Waals surface area (Å²) in [6.45, 7) is 0.407. The molecule has 1 heterocycles. The summed E-state index contributed by atoms with van der Waals surface area (Å²) >= 11 is 0. The van der Waals surface area contributed by atoms with Crippen molar-refractivity contribution in [2.75, 3.05) is 6.61 Å². The fourth-order valence-electron chi connectivity index (χ4n) is 2.46. The second-order valence-electron chi connectivity index (χ2n) is 5.41. The van der Waals surface area contributed by atoms with Crippen LogP contribution >= 0.6 is 0 Å². The van der Waals surface area contributed by atoms with Crippen LogP contribution in [0.2, 0.25) is 0 Å². The van der Waals surface area contributed by atoms with Crippen LogP contribution in [0.1, 0.15) is 22.9 Å².